The highest BCUT2D eigenvalue weighted by Gasteiger charge is 2.12. The van der Waals surface area contributed by atoms with Crippen LogP contribution >= 0.6 is 24.0 Å². The second kappa shape index (κ2) is 8.21. The van der Waals surface area contributed by atoms with Gasteiger partial charge in [-0.15, -0.1) is 24.0 Å². The molecule has 1 aromatic carbocycles. The van der Waals surface area contributed by atoms with Gasteiger partial charge in [0.1, 0.15) is 17.5 Å². The fourth-order valence-corrected chi connectivity index (χ4v) is 1.02. The topological polar surface area (TPSA) is 63.6 Å². The van der Waals surface area contributed by atoms with Crippen LogP contribution < -0.4 is 9.59 Å². The van der Waals surface area contributed by atoms with Gasteiger partial charge in [0, 0.05) is 20.2 Å². The molecule has 0 aliphatic carbocycles. The lowest BCUT2D eigenvalue weighted by Crippen LogP contribution is -2.35. The number of phenols is 1. The van der Waals surface area contributed by atoms with Crippen LogP contribution in [0.2, 0.25) is 0 Å². The van der Waals surface area contributed by atoms with E-state index in [2.05, 4.69) is 21.1 Å². The molecule has 110 valence electrons. The number of aryl methyl sites for hydroxylation is 1. The van der Waals surface area contributed by atoms with Crippen molar-refractivity contribution >= 4 is 35.8 Å². The average molecular weight is 382 g/mol. The van der Waals surface area contributed by atoms with Crippen LogP contribution in [-0.4, -0.2) is 51.3 Å². The smallest absolute Gasteiger partial charge is 0.136 e. The Hall–Kier alpha value is -1.02. The van der Waals surface area contributed by atoms with Crippen molar-refractivity contribution in [3.63, 3.8) is 0 Å². The lowest BCUT2D eigenvalue weighted by Gasteiger charge is -2.23. The number of rotatable bonds is 1. The van der Waals surface area contributed by atoms with Crippen molar-refractivity contribution in [3.8, 4) is 5.75 Å². The van der Waals surface area contributed by atoms with Crippen LogP contribution in [0.3, 0.4) is 0 Å². The summed E-state index contributed by atoms with van der Waals surface area (Å²) in [5, 5.41) is 19.0. The summed E-state index contributed by atoms with van der Waals surface area (Å²) in [6, 6.07) is 5.79. The standard InChI is InChI=1S/C10H15NO.C3H7NO2.HI/c1-8-5-6-9(7-10(8)12)11(2,3)4;1-4(2)3(5)6;/h5-7H,1-4H3;1-2H3,(H,5,6);1H. The Balaban J connectivity index is 0. The molecule has 0 aliphatic rings. The van der Waals surface area contributed by atoms with E-state index in [1.807, 2.05) is 25.1 Å². The molecule has 1 amide bonds. The van der Waals surface area contributed by atoms with Crippen molar-refractivity contribution in [1.82, 2.24) is 9.38 Å². The Labute approximate surface area is 132 Å². The van der Waals surface area contributed by atoms with Crippen molar-refractivity contribution < 1.29 is 15.0 Å². The maximum atomic E-state index is 9.51. The summed E-state index contributed by atoms with van der Waals surface area (Å²) in [4.78, 5) is 10.5. The maximum absolute atomic E-state index is 9.51. The van der Waals surface area contributed by atoms with E-state index in [0.717, 1.165) is 20.6 Å². The van der Waals surface area contributed by atoms with Gasteiger partial charge in [0.25, 0.3) is 0 Å². The first-order valence-electron chi connectivity index (χ1n) is 5.55. The van der Waals surface area contributed by atoms with Crippen LogP contribution in [0, 0.1) is 6.92 Å². The minimum absolute atomic E-state index is 0. The number of halogens is 1. The second-order valence-electron chi connectivity index (χ2n) is 5.14. The monoisotopic (exact) mass is 382 g/mol. The van der Waals surface area contributed by atoms with E-state index in [9.17, 15) is 15.0 Å². The van der Waals surface area contributed by atoms with Crippen LogP contribution in [0.5, 0.6) is 5.75 Å². The maximum Gasteiger partial charge on any atom is 0.136 e. The first-order valence-corrected chi connectivity index (χ1v) is 5.55. The fourth-order valence-electron chi connectivity index (χ4n) is 1.02. The van der Waals surface area contributed by atoms with E-state index in [1.54, 1.807) is 0 Å². The summed E-state index contributed by atoms with van der Waals surface area (Å²) in [5.74, 6) is 0.376. The molecule has 1 aromatic rings. The Morgan fingerprint density at radius 2 is 1.68 bits per heavy atom. The molecule has 0 fully saturated rings. The fraction of sp³-hybridized carbons (Fsp3) is 0.462. The van der Waals surface area contributed by atoms with Gasteiger partial charge in [0.05, 0.1) is 21.1 Å². The molecule has 0 heterocycles. The van der Waals surface area contributed by atoms with Crippen molar-refractivity contribution in [2.24, 2.45) is 0 Å². The Kier molecular flexibility index (Phi) is 8.77. The molecule has 1 rings (SSSR count). The zero-order chi connectivity index (χ0) is 14.5. The predicted molar refractivity (Wildman–Crippen MR) is 86.9 cm³/mol. The van der Waals surface area contributed by atoms with Gasteiger partial charge in [-0.3, -0.25) is 4.48 Å². The van der Waals surface area contributed by atoms with Crippen LogP contribution in [0.1, 0.15) is 5.56 Å². The molecule has 0 saturated heterocycles. The van der Waals surface area contributed by atoms with Gasteiger partial charge < -0.3 is 19.9 Å². The third-order valence-corrected chi connectivity index (χ3v) is 2.33. The lowest BCUT2D eigenvalue weighted by atomic mass is 10.2. The van der Waals surface area contributed by atoms with Gasteiger partial charge in [-0.2, -0.15) is 0 Å². The van der Waals surface area contributed by atoms with E-state index in [1.165, 1.54) is 14.1 Å². The molecule has 5 nitrogen and oxygen atoms in total. The van der Waals surface area contributed by atoms with Gasteiger partial charge in [0.15, 0.2) is 0 Å². The number of hydrogen-bond donors (Lipinski definition) is 1. The zero-order valence-electron chi connectivity index (χ0n) is 12.3. The Bertz CT molecular complexity index is 415. The molecule has 19 heavy (non-hydrogen) atoms. The van der Waals surface area contributed by atoms with Crippen molar-refractivity contribution in [2.45, 2.75) is 6.92 Å². The minimum atomic E-state index is -1.16. The van der Waals surface area contributed by atoms with Crippen molar-refractivity contribution in [3.05, 3.63) is 23.8 Å². The average Bonchev–Trinajstić information content (AvgIpc) is 2.21. The number of carbonyl (C=O) groups excluding carboxylic acids is 1. The van der Waals surface area contributed by atoms with E-state index < -0.39 is 6.09 Å². The van der Waals surface area contributed by atoms with Crippen molar-refractivity contribution in [2.75, 3.05) is 35.2 Å². The van der Waals surface area contributed by atoms with Gasteiger partial charge in [0.2, 0.25) is 0 Å². The lowest BCUT2D eigenvalue weighted by molar-refractivity contribution is -0.262. The molecule has 0 radical (unpaired) electrons. The van der Waals surface area contributed by atoms with Crippen LogP contribution in [-0.2, 0) is 0 Å². The highest BCUT2D eigenvalue weighted by atomic mass is 127. The number of carbonyl (C=O) groups is 1. The molecule has 0 unspecified atom stereocenters. The molecule has 0 bridgehead atoms. The predicted octanol–water partition coefficient (Wildman–Crippen LogP) is 1.41. The number of benzene rings is 1. The first-order chi connectivity index (χ1) is 8.05. The molecular weight excluding hydrogens is 359 g/mol. The quantitative estimate of drug-likeness (QED) is 0.590. The number of carboxylic acid groups (broad SMARTS) is 1. The Morgan fingerprint density at radius 1 is 1.26 bits per heavy atom. The van der Waals surface area contributed by atoms with Gasteiger partial charge >= 0.3 is 0 Å². The summed E-state index contributed by atoms with van der Waals surface area (Å²) in [6.45, 7) is 1.90. The molecule has 0 aliphatic heterocycles. The number of amides is 1. The third-order valence-electron chi connectivity index (χ3n) is 2.33. The van der Waals surface area contributed by atoms with E-state index in [0.29, 0.717) is 5.75 Å². The van der Waals surface area contributed by atoms with E-state index in [4.69, 9.17) is 0 Å². The number of nitrogens with zero attached hydrogens (tertiary/aromatic N) is 2. The van der Waals surface area contributed by atoms with Gasteiger partial charge in [-0.25, -0.2) is 0 Å². The summed E-state index contributed by atoms with van der Waals surface area (Å²) < 4.78 is 0.730. The Morgan fingerprint density at radius 3 is 1.95 bits per heavy atom. The van der Waals surface area contributed by atoms with E-state index >= 15 is 0 Å². The summed E-state index contributed by atoms with van der Waals surface area (Å²) in [5.41, 5.74) is 2.03. The third kappa shape index (κ3) is 7.89. The largest absolute Gasteiger partial charge is 0.530 e. The van der Waals surface area contributed by atoms with Crippen LogP contribution in [0.15, 0.2) is 18.2 Å². The van der Waals surface area contributed by atoms with E-state index in [-0.39, 0.29) is 24.0 Å². The molecule has 6 heteroatoms. The molecule has 1 N–H and O–H groups in total. The van der Waals surface area contributed by atoms with Gasteiger partial charge in [-0.05, 0) is 24.6 Å². The normalized spacial score (nSPS) is 9.79. The molecular formula is C13H23IN2O3. The highest BCUT2D eigenvalue weighted by Crippen LogP contribution is 2.24. The summed E-state index contributed by atoms with van der Waals surface area (Å²) >= 11 is 0. The minimum Gasteiger partial charge on any atom is -0.530 e. The molecule has 0 spiro atoms. The first kappa shape index (κ1) is 20.3. The number of phenolic OH excluding ortho intramolecular Hbond substituents is 1. The van der Waals surface area contributed by atoms with Crippen LogP contribution in [0.25, 0.3) is 0 Å². The molecule has 0 saturated carbocycles. The zero-order valence-corrected chi connectivity index (χ0v) is 14.6. The second-order valence-corrected chi connectivity index (χ2v) is 5.14. The van der Waals surface area contributed by atoms with Crippen molar-refractivity contribution in [1.29, 1.82) is 0 Å². The summed E-state index contributed by atoms with van der Waals surface area (Å²) in [7, 11) is 9.04. The summed E-state index contributed by atoms with van der Waals surface area (Å²) in [6.07, 6.45) is -1.16. The van der Waals surface area contributed by atoms with Gasteiger partial charge in [-0.1, -0.05) is 0 Å². The number of aromatic hydroxyl groups is 1. The SMILES string of the molecule is CN(C)C(=O)[O-].Cc1ccc([N+](C)(C)C)cc1O.I. The molecule has 0 aromatic heterocycles. The molecule has 0 atom stereocenters. The number of hydrogen-bond acceptors (Lipinski definition) is 3. The number of quaternary nitrogens is 1. The highest BCUT2D eigenvalue weighted by molar-refractivity contribution is 14.0. The van der Waals surface area contributed by atoms with Crippen LogP contribution in [0.4, 0.5) is 10.5 Å².